The molecule has 0 spiro atoms. The molecule has 4 unspecified atom stereocenters. The molecule has 0 aromatic rings. The smallest absolute Gasteiger partial charge is 0.343 e. The summed E-state index contributed by atoms with van der Waals surface area (Å²) in [5.74, 6) is -4.42. The Morgan fingerprint density at radius 1 is 0.644 bits per heavy atom. The topological polar surface area (TPSA) is 224 Å². The van der Waals surface area contributed by atoms with Crippen LogP contribution >= 0.6 is 0 Å². The highest BCUT2D eigenvalue weighted by Crippen LogP contribution is 2.52. The molecule has 0 radical (unpaired) electrons. The van der Waals surface area contributed by atoms with E-state index in [0.717, 1.165) is 51.4 Å². The van der Waals surface area contributed by atoms with Crippen LogP contribution in [0.5, 0.6) is 0 Å². The normalized spacial score (nSPS) is 25.2. The number of aliphatic carboxylic acids is 4. The zero-order valence-electron chi connectivity index (χ0n) is 25.9. The first-order valence-corrected chi connectivity index (χ1v) is 15.4. The molecular formula is C32H46O13. The number of carboxylic acids is 4. The van der Waals surface area contributed by atoms with Crippen LogP contribution in [-0.4, -0.2) is 104 Å². The summed E-state index contributed by atoms with van der Waals surface area (Å²) in [6.45, 7) is 4.92. The van der Waals surface area contributed by atoms with Gasteiger partial charge < -0.3 is 44.8 Å². The van der Waals surface area contributed by atoms with Gasteiger partial charge in [-0.2, -0.15) is 0 Å². The van der Waals surface area contributed by atoms with Gasteiger partial charge in [-0.1, -0.05) is 64.5 Å². The summed E-state index contributed by atoms with van der Waals surface area (Å²) in [6.07, 6.45) is 14.2. The predicted molar refractivity (Wildman–Crippen MR) is 161 cm³/mol. The fourth-order valence-corrected chi connectivity index (χ4v) is 5.38. The number of allylic oxidation sites excluding steroid dienone is 4. The third kappa shape index (κ3) is 9.33. The Morgan fingerprint density at radius 2 is 1.02 bits per heavy atom. The number of aliphatic hydroxyl groups is 2. The molecule has 2 fully saturated rings. The van der Waals surface area contributed by atoms with E-state index >= 15 is 0 Å². The molecule has 4 atom stereocenters. The van der Waals surface area contributed by atoms with Crippen molar-refractivity contribution >= 4 is 23.9 Å². The lowest BCUT2D eigenvalue weighted by Crippen LogP contribution is -2.33. The lowest BCUT2D eigenvalue weighted by atomic mass is 9.84. The number of rotatable bonds is 18. The van der Waals surface area contributed by atoms with Crippen molar-refractivity contribution in [1.29, 1.82) is 0 Å². The fraction of sp³-hybridized carbons (Fsp3) is 0.625. The minimum Gasteiger partial charge on any atom is -0.479 e. The molecule has 0 aromatic heterocycles. The maximum atomic E-state index is 11.4. The van der Waals surface area contributed by atoms with Gasteiger partial charge in [0.2, 0.25) is 11.2 Å². The molecule has 45 heavy (non-hydrogen) atoms. The Bertz CT molecular complexity index is 1090. The largest absolute Gasteiger partial charge is 0.479 e. The molecule has 0 saturated carbocycles. The van der Waals surface area contributed by atoms with Crippen LogP contribution in [-0.2, 0) is 33.4 Å². The van der Waals surface area contributed by atoms with E-state index in [-0.39, 0.29) is 24.4 Å². The van der Waals surface area contributed by atoms with Gasteiger partial charge in [-0.3, -0.25) is 0 Å². The fourth-order valence-electron chi connectivity index (χ4n) is 5.38. The number of hydrogen-bond donors (Lipinski definition) is 6. The van der Waals surface area contributed by atoms with Crippen molar-refractivity contribution in [2.75, 3.05) is 26.4 Å². The van der Waals surface area contributed by atoms with Crippen LogP contribution in [0.3, 0.4) is 0 Å². The first-order valence-electron chi connectivity index (χ1n) is 15.4. The van der Waals surface area contributed by atoms with E-state index in [9.17, 15) is 29.4 Å². The quantitative estimate of drug-likeness (QED) is 0.0938. The summed E-state index contributed by atoms with van der Waals surface area (Å²) in [6, 6.07) is 0. The van der Waals surface area contributed by atoms with Crippen molar-refractivity contribution in [1.82, 2.24) is 0 Å². The number of carboxylic acid groups (broad SMARTS) is 4. The van der Waals surface area contributed by atoms with Crippen LogP contribution in [0.2, 0.25) is 0 Å². The van der Waals surface area contributed by atoms with E-state index < -0.39 is 47.3 Å². The van der Waals surface area contributed by atoms with Crippen molar-refractivity contribution in [3.8, 4) is 0 Å². The zero-order valence-corrected chi connectivity index (χ0v) is 25.9. The number of carbonyl (C=O) groups is 4. The minimum absolute atomic E-state index is 0.0275. The Hall–Kier alpha value is -3.36. The van der Waals surface area contributed by atoms with Crippen LogP contribution in [0.1, 0.15) is 78.1 Å². The molecule has 6 N–H and O–H groups in total. The number of ether oxygens (including phenoxy) is 3. The highest BCUT2D eigenvalue weighted by Gasteiger charge is 2.69. The molecule has 4 rings (SSSR count). The zero-order chi connectivity index (χ0) is 33.6. The first kappa shape index (κ1) is 37.8. The van der Waals surface area contributed by atoms with E-state index in [1.807, 2.05) is 0 Å². The average Bonchev–Trinajstić information content (AvgIpc) is 3.92. The van der Waals surface area contributed by atoms with Gasteiger partial charge in [0.25, 0.3) is 0 Å². The van der Waals surface area contributed by atoms with Crippen molar-refractivity contribution < 1.29 is 64.0 Å². The van der Waals surface area contributed by atoms with Crippen molar-refractivity contribution in [2.45, 2.75) is 101 Å². The van der Waals surface area contributed by atoms with Gasteiger partial charge in [0.1, 0.15) is 12.2 Å². The summed E-state index contributed by atoms with van der Waals surface area (Å²) in [5.41, 5.74) is -1.39. The molecule has 2 aliphatic carbocycles. The molecule has 0 bridgehead atoms. The van der Waals surface area contributed by atoms with Gasteiger partial charge >= 0.3 is 23.9 Å². The Kier molecular flexibility index (Phi) is 15.1. The monoisotopic (exact) mass is 638 g/mol. The lowest BCUT2D eigenvalue weighted by molar-refractivity contribution is -0.142. The third-order valence-corrected chi connectivity index (χ3v) is 7.88. The van der Waals surface area contributed by atoms with Gasteiger partial charge in [0.05, 0.1) is 37.6 Å². The second-order valence-electron chi connectivity index (χ2n) is 11.0. The van der Waals surface area contributed by atoms with E-state index in [1.54, 1.807) is 12.2 Å². The third-order valence-electron chi connectivity index (χ3n) is 7.88. The van der Waals surface area contributed by atoms with Crippen LogP contribution in [0.4, 0.5) is 0 Å². The van der Waals surface area contributed by atoms with Crippen LogP contribution in [0, 0.1) is 0 Å². The van der Waals surface area contributed by atoms with E-state index in [0.29, 0.717) is 37.2 Å². The average molecular weight is 639 g/mol. The summed E-state index contributed by atoms with van der Waals surface area (Å²) < 4.78 is 15.1. The van der Waals surface area contributed by atoms with Crippen LogP contribution in [0.25, 0.3) is 0 Å². The second-order valence-corrected chi connectivity index (χ2v) is 11.0. The Balaban J connectivity index is 0.000000260. The summed E-state index contributed by atoms with van der Waals surface area (Å²) in [5, 5.41) is 52.8. The molecule has 2 heterocycles. The Morgan fingerprint density at radius 3 is 1.31 bits per heavy atom. The summed E-state index contributed by atoms with van der Waals surface area (Å²) in [7, 11) is 0. The van der Waals surface area contributed by atoms with Gasteiger partial charge in [-0.05, 0) is 49.0 Å². The highest BCUT2D eigenvalue weighted by atomic mass is 16.6. The van der Waals surface area contributed by atoms with Crippen LogP contribution in [0.15, 0.2) is 46.6 Å². The molecule has 2 saturated heterocycles. The number of fused-ring (bicyclic) bond motifs is 2. The molecule has 0 aromatic carbocycles. The molecule has 13 nitrogen and oxygen atoms in total. The molecule has 4 aliphatic rings. The van der Waals surface area contributed by atoms with Gasteiger partial charge in [-0.25, -0.2) is 19.2 Å². The van der Waals surface area contributed by atoms with E-state index in [1.165, 1.54) is 12.2 Å². The second kappa shape index (κ2) is 18.0. The van der Waals surface area contributed by atoms with Crippen molar-refractivity contribution in [2.24, 2.45) is 0 Å². The molecule has 2 aliphatic heterocycles. The Labute approximate surface area is 262 Å². The van der Waals surface area contributed by atoms with Crippen molar-refractivity contribution in [3.63, 3.8) is 0 Å². The van der Waals surface area contributed by atoms with Crippen LogP contribution < -0.4 is 0 Å². The molecule has 252 valence electrons. The predicted octanol–water partition coefficient (Wildman–Crippen LogP) is 3.25. The van der Waals surface area contributed by atoms with E-state index in [2.05, 4.69) is 18.6 Å². The van der Waals surface area contributed by atoms with Gasteiger partial charge in [0.15, 0.2) is 0 Å². The maximum absolute atomic E-state index is 11.4. The van der Waals surface area contributed by atoms with E-state index in [4.69, 9.17) is 29.9 Å². The standard InChI is InChI=1S/2C14H18O5.C4H10O3/c2*1-2-3-4-5-6-9-7-8-10(12(15)16)11-14(9,19-11)13(17)18;5-1-3-7-4-2-6/h2*7-8,11H,2-6H2,1H3,(H,15,16)(H,17,18);5-6H,1-4H2. The van der Waals surface area contributed by atoms with Crippen molar-refractivity contribution in [3.05, 3.63) is 46.6 Å². The molecular weight excluding hydrogens is 592 g/mol. The number of unbranched alkanes of at least 4 members (excludes halogenated alkanes) is 6. The lowest BCUT2D eigenvalue weighted by Gasteiger charge is -2.16. The van der Waals surface area contributed by atoms with Gasteiger partial charge in [0, 0.05) is 0 Å². The van der Waals surface area contributed by atoms with Gasteiger partial charge in [-0.15, -0.1) is 0 Å². The summed E-state index contributed by atoms with van der Waals surface area (Å²) in [4.78, 5) is 44.8. The first-order chi connectivity index (χ1) is 21.5. The number of hydrogen-bond acceptors (Lipinski definition) is 9. The highest BCUT2D eigenvalue weighted by molar-refractivity contribution is 5.98. The maximum Gasteiger partial charge on any atom is 0.343 e. The summed E-state index contributed by atoms with van der Waals surface area (Å²) >= 11 is 0. The SMILES string of the molecule is CCCCCCC1=CC=C(C(=O)O)C2OC12C(=O)O.CCCCCCC1=CC=C(C(=O)O)C2OC12C(=O)O.OCCOCCO. The minimum atomic E-state index is -1.41. The molecule has 13 heteroatoms. The number of aliphatic hydroxyl groups excluding tert-OH is 2. The number of epoxide rings is 2. The molecule has 0 amide bonds.